The predicted octanol–water partition coefficient (Wildman–Crippen LogP) is 3.83. The van der Waals surface area contributed by atoms with Crippen molar-refractivity contribution in [3.63, 3.8) is 0 Å². The summed E-state index contributed by atoms with van der Waals surface area (Å²) >= 11 is 2.15. The Bertz CT molecular complexity index is 149. The summed E-state index contributed by atoms with van der Waals surface area (Å²) in [6.07, 6.45) is 9.80. The second-order valence-electron chi connectivity index (χ2n) is 4.55. The normalized spacial score (nSPS) is 26.0. The molecule has 2 atom stereocenters. The summed E-state index contributed by atoms with van der Waals surface area (Å²) < 4.78 is 0. The fourth-order valence-corrected chi connectivity index (χ4v) is 3.64. The molecule has 1 fully saturated rings. The van der Waals surface area contributed by atoms with Gasteiger partial charge >= 0.3 is 0 Å². The molecule has 2 heteroatoms. The molecule has 0 aromatic rings. The molecule has 1 saturated carbocycles. The first-order valence-electron chi connectivity index (χ1n) is 6.73. The first-order valence-corrected chi connectivity index (χ1v) is 7.78. The monoisotopic (exact) mass is 229 g/mol. The van der Waals surface area contributed by atoms with E-state index in [1.807, 2.05) is 0 Å². The number of hydrogen-bond acceptors (Lipinski definition) is 2. The fourth-order valence-electron chi connectivity index (χ4n) is 2.41. The summed E-state index contributed by atoms with van der Waals surface area (Å²) in [6.45, 7) is 5.80. The van der Waals surface area contributed by atoms with Gasteiger partial charge in [-0.15, -0.1) is 0 Å². The minimum absolute atomic E-state index is 0.816. The van der Waals surface area contributed by atoms with Crippen LogP contribution in [0.2, 0.25) is 0 Å². The summed E-state index contributed by atoms with van der Waals surface area (Å²) in [6, 6.07) is 0.816. The maximum absolute atomic E-state index is 3.75. The Morgan fingerprint density at radius 3 is 2.73 bits per heavy atom. The highest BCUT2D eigenvalue weighted by Gasteiger charge is 2.25. The van der Waals surface area contributed by atoms with Crippen LogP contribution in [0.4, 0.5) is 0 Å². The molecule has 0 heterocycles. The molecule has 1 aliphatic carbocycles. The van der Waals surface area contributed by atoms with E-state index >= 15 is 0 Å². The molecule has 0 saturated heterocycles. The lowest BCUT2D eigenvalue weighted by Crippen LogP contribution is -2.34. The van der Waals surface area contributed by atoms with Crippen molar-refractivity contribution >= 4 is 11.8 Å². The van der Waals surface area contributed by atoms with Crippen LogP contribution in [0.5, 0.6) is 0 Å². The summed E-state index contributed by atoms with van der Waals surface area (Å²) in [5.41, 5.74) is 0. The number of nitrogens with one attached hydrogen (secondary N) is 1. The molecular weight excluding hydrogens is 202 g/mol. The van der Waals surface area contributed by atoms with E-state index in [0.717, 1.165) is 11.3 Å². The number of hydrogen-bond donors (Lipinski definition) is 1. The molecule has 1 rings (SSSR count). The van der Waals surface area contributed by atoms with Gasteiger partial charge in [0.1, 0.15) is 0 Å². The minimum Gasteiger partial charge on any atom is -0.313 e. The lowest BCUT2D eigenvalue weighted by Gasteiger charge is -2.20. The summed E-state index contributed by atoms with van der Waals surface area (Å²) in [4.78, 5) is 0. The Labute approximate surface area is 99.8 Å². The van der Waals surface area contributed by atoms with Gasteiger partial charge in [-0.25, -0.2) is 0 Å². The van der Waals surface area contributed by atoms with E-state index in [0.29, 0.717) is 0 Å². The molecule has 1 nitrogen and oxygen atoms in total. The fraction of sp³-hybridized carbons (Fsp3) is 1.00. The summed E-state index contributed by atoms with van der Waals surface area (Å²) in [7, 11) is 0. The second kappa shape index (κ2) is 8.46. The maximum Gasteiger partial charge on any atom is 0.0201 e. The molecule has 0 amide bonds. The molecule has 15 heavy (non-hydrogen) atoms. The predicted molar refractivity (Wildman–Crippen MR) is 71.7 cm³/mol. The standard InChI is InChI=1S/C13H27NS/c1-3-5-6-7-11-14-12-9-8-10-13(12)15-4-2/h12-14H,3-11H2,1-2H3. The zero-order valence-corrected chi connectivity index (χ0v) is 11.2. The molecule has 0 spiro atoms. The first-order chi connectivity index (χ1) is 7.38. The minimum atomic E-state index is 0.816. The van der Waals surface area contributed by atoms with Crippen molar-refractivity contribution in [1.29, 1.82) is 0 Å². The van der Waals surface area contributed by atoms with E-state index in [4.69, 9.17) is 0 Å². The van der Waals surface area contributed by atoms with Crippen LogP contribution < -0.4 is 5.32 Å². The summed E-state index contributed by atoms with van der Waals surface area (Å²) in [5.74, 6) is 1.28. The maximum atomic E-state index is 3.75. The van der Waals surface area contributed by atoms with E-state index in [1.54, 1.807) is 0 Å². The lowest BCUT2D eigenvalue weighted by atomic mass is 10.2. The average Bonchev–Trinajstić information content (AvgIpc) is 2.66. The summed E-state index contributed by atoms with van der Waals surface area (Å²) in [5, 5.41) is 4.66. The Kier molecular flexibility index (Phi) is 7.54. The molecule has 1 N–H and O–H groups in total. The van der Waals surface area contributed by atoms with Crippen molar-refractivity contribution in [3.8, 4) is 0 Å². The van der Waals surface area contributed by atoms with Crippen LogP contribution in [0.1, 0.15) is 58.8 Å². The van der Waals surface area contributed by atoms with Crippen LogP contribution in [0, 0.1) is 0 Å². The third-order valence-electron chi connectivity index (χ3n) is 3.27. The zero-order chi connectivity index (χ0) is 10.9. The highest BCUT2D eigenvalue weighted by atomic mass is 32.2. The van der Waals surface area contributed by atoms with Gasteiger partial charge in [-0.3, -0.25) is 0 Å². The Morgan fingerprint density at radius 2 is 2.00 bits per heavy atom. The van der Waals surface area contributed by atoms with Crippen molar-refractivity contribution < 1.29 is 0 Å². The van der Waals surface area contributed by atoms with Gasteiger partial charge in [0.15, 0.2) is 0 Å². The highest BCUT2D eigenvalue weighted by Crippen LogP contribution is 2.29. The smallest absolute Gasteiger partial charge is 0.0201 e. The third-order valence-corrected chi connectivity index (χ3v) is 4.60. The topological polar surface area (TPSA) is 12.0 Å². The molecule has 0 aliphatic heterocycles. The van der Waals surface area contributed by atoms with Gasteiger partial charge in [-0.2, -0.15) is 11.8 Å². The molecule has 0 aromatic heterocycles. The van der Waals surface area contributed by atoms with E-state index < -0.39 is 0 Å². The Hall–Kier alpha value is 0.310. The van der Waals surface area contributed by atoms with Crippen LogP contribution in [-0.4, -0.2) is 23.6 Å². The Balaban J connectivity index is 2.03. The second-order valence-corrected chi connectivity index (χ2v) is 6.06. The van der Waals surface area contributed by atoms with Crippen LogP contribution in [0.25, 0.3) is 0 Å². The third kappa shape index (κ3) is 5.26. The molecule has 0 aromatic carbocycles. The van der Waals surface area contributed by atoms with E-state index in [2.05, 4.69) is 30.9 Å². The van der Waals surface area contributed by atoms with Gasteiger partial charge in [0, 0.05) is 11.3 Å². The van der Waals surface area contributed by atoms with E-state index in [9.17, 15) is 0 Å². The van der Waals surface area contributed by atoms with Gasteiger partial charge in [0.2, 0.25) is 0 Å². The average molecular weight is 229 g/mol. The van der Waals surface area contributed by atoms with Crippen molar-refractivity contribution in [1.82, 2.24) is 5.32 Å². The van der Waals surface area contributed by atoms with Gasteiger partial charge in [-0.05, 0) is 31.6 Å². The van der Waals surface area contributed by atoms with Crippen molar-refractivity contribution in [2.24, 2.45) is 0 Å². The molecular formula is C13H27NS. The highest BCUT2D eigenvalue weighted by molar-refractivity contribution is 7.99. The molecule has 0 bridgehead atoms. The molecule has 0 radical (unpaired) electrons. The largest absolute Gasteiger partial charge is 0.313 e. The number of unbranched alkanes of at least 4 members (excludes halogenated alkanes) is 3. The van der Waals surface area contributed by atoms with E-state index in [1.165, 1.54) is 57.2 Å². The quantitative estimate of drug-likeness (QED) is 0.635. The van der Waals surface area contributed by atoms with Crippen LogP contribution >= 0.6 is 11.8 Å². The van der Waals surface area contributed by atoms with Gasteiger partial charge in [0.25, 0.3) is 0 Å². The number of rotatable bonds is 8. The zero-order valence-electron chi connectivity index (χ0n) is 10.4. The molecule has 1 aliphatic rings. The first kappa shape index (κ1) is 13.4. The van der Waals surface area contributed by atoms with Gasteiger partial charge < -0.3 is 5.32 Å². The SMILES string of the molecule is CCCCCCNC1CCCC1SCC. The van der Waals surface area contributed by atoms with Gasteiger partial charge in [-0.1, -0.05) is 39.5 Å². The Morgan fingerprint density at radius 1 is 1.13 bits per heavy atom. The van der Waals surface area contributed by atoms with Crippen LogP contribution in [0.15, 0.2) is 0 Å². The molecule has 90 valence electrons. The lowest BCUT2D eigenvalue weighted by molar-refractivity contribution is 0.508. The van der Waals surface area contributed by atoms with Crippen molar-refractivity contribution in [2.75, 3.05) is 12.3 Å². The van der Waals surface area contributed by atoms with Crippen molar-refractivity contribution in [2.45, 2.75) is 70.1 Å². The van der Waals surface area contributed by atoms with Crippen LogP contribution in [-0.2, 0) is 0 Å². The van der Waals surface area contributed by atoms with Crippen molar-refractivity contribution in [3.05, 3.63) is 0 Å². The van der Waals surface area contributed by atoms with E-state index in [-0.39, 0.29) is 0 Å². The number of thioether (sulfide) groups is 1. The molecule has 2 unspecified atom stereocenters. The van der Waals surface area contributed by atoms with Gasteiger partial charge in [0.05, 0.1) is 0 Å². The van der Waals surface area contributed by atoms with Crippen LogP contribution in [0.3, 0.4) is 0 Å².